The summed E-state index contributed by atoms with van der Waals surface area (Å²) in [5, 5.41) is 13.4. The Morgan fingerprint density at radius 1 is 1.22 bits per heavy atom. The minimum atomic E-state index is -0.298. The molecular formula is C29H37N5O2. The number of benzene rings is 1. The Hall–Kier alpha value is -3.11. The fourth-order valence-electron chi connectivity index (χ4n) is 5.52. The molecule has 0 bridgehead atoms. The van der Waals surface area contributed by atoms with E-state index in [0.29, 0.717) is 44.3 Å². The first-order valence-electron chi connectivity index (χ1n) is 13.2. The maximum Gasteiger partial charge on any atom is 0.318 e. The minimum Gasteiger partial charge on any atom is -0.370 e. The number of pyridine rings is 1. The Morgan fingerprint density at radius 3 is 2.64 bits per heavy atom. The van der Waals surface area contributed by atoms with Gasteiger partial charge in [-0.05, 0) is 43.7 Å². The van der Waals surface area contributed by atoms with Crippen LogP contribution < -0.4 is 10.2 Å². The number of fused-ring (bicyclic) bond motifs is 1. The van der Waals surface area contributed by atoms with Crippen LogP contribution in [0.2, 0.25) is 0 Å². The van der Waals surface area contributed by atoms with Crippen LogP contribution in [0.1, 0.15) is 74.4 Å². The fourth-order valence-corrected chi connectivity index (χ4v) is 5.52. The van der Waals surface area contributed by atoms with E-state index in [2.05, 4.69) is 44.0 Å². The molecule has 2 aliphatic heterocycles. The molecule has 2 fully saturated rings. The van der Waals surface area contributed by atoms with Gasteiger partial charge in [0, 0.05) is 44.1 Å². The fraction of sp³-hybridized carbons (Fsp3) is 0.552. The summed E-state index contributed by atoms with van der Waals surface area (Å²) >= 11 is 0. The Morgan fingerprint density at radius 2 is 1.97 bits per heavy atom. The van der Waals surface area contributed by atoms with Crippen LogP contribution in [0.25, 0.3) is 0 Å². The van der Waals surface area contributed by atoms with Gasteiger partial charge in [-0.15, -0.1) is 0 Å². The molecule has 7 heteroatoms. The molecule has 0 radical (unpaired) electrons. The zero-order valence-corrected chi connectivity index (χ0v) is 21.9. The molecule has 3 aliphatic rings. The molecule has 1 N–H and O–H groups in total. The SMILES string of the molecule is CC(C)C1CN(c2nc(C3CC3)c3c(c2C#N)CC(C)(C)OC3)CCN1C(=O)NCc1ccccc1. The second-order valence-electron chi connectivity index (χ2n) is 11.4. The van der Waals surface area contributed by atoms with Gasteiger partial charge in [-0.2, -0.15) is 5.26 Å². The number of nitrogens with one attached hydrogen (secondary N) is 1. The number of carbonyl (C=O) groups excluding carboxylic acids is 1. The van der Waals surface area contributed by atoms with Crippen LogP contribution in [0.3, 0.4) is 0 Å². The van der Waals surface area contributed by atoms with Crippen molar-refractivity contribution < 1.29 is 9.53 Å². The number of rotatable bonds is 5. The van der Waals surface area contributed by atoms with Crippen molar-refractivity contribution >= 4 is 11.8 Å². The number of piperazine rings is 1. The molecule has 0 spiro atoms. The summed E-state index contributed by atoms with van der Waals surface area (Å²) in [6.07, 6.45) is 3.02. The van der Waals surface area contributed by atoms with Gasteiger partial charge in [-0.25, -0.2) is 9.78 Å². The Bertz CT molecular complexity index is 1170. The van der Waals surface area contributed by atoms with Crippen LogP contribution in [0, 0.1) is 17.2 Å². The third kappa shape index (κ3) is 4.92. The quantitative estimate of drug-likeness (QED) is 0.659. The van der Waals surface area contributed by atoms with Gasteiger partial charge in [0.1, 0.15) is 11.9 Å². The predicted molar refractivity (Wildman–Crippen MR) is 140 cm³/mol. The number of ether oxygens (including phenoxy) is 1. The van der Waals surface area contributed by atoms with Gasteiger partial charge < -0.3 is 19.9 Å². The van der Waals surface area contributed by atoms with E-state index >= 15 is 0 Å². The molecule has 5 rings (SSSR count). The average Bonchev–Trinajstić information content (AvgIpc) is 3.71. The van der Waals surface area contributed by atoms with Gasteiger partial charge in [-0.1, -0.05) is 44.2 Å². The van der Waals surface area contributed by atoms with Crippen molar-refractivity contribution in [2.75, 3.05) is 24.5 Å². The number of carbonyl (C=O) groups is 1. The van der Waals surface area contributed by atoms with Crippen LogP contribution in [0.4, 0.5) is 10.6 Å². The number of amides is 2. The largest absolute Gasteiger partial charge is 0.370 e. The van der Waals surface area contributed by atoms with E-state index in [1.54, 1.807) is 0 Å². The van der Waals surface area contributed by atoms with E-state index in [-0.39, 0.29) is 23.6 Å². The molecule has 1 saturated heterocycles. The lowest BCUT2D eigenvalue weighted by Crippen LogP contribution is -2.59. The summed E-state index contributed by atoms with van der Waals surface area (Å²) in [6, 6.07) is 12.5. The lowest BCUT2D eigenvalue weighted by atomic mass is 9.87. The molecule has 1 unspecified atom stereocenters. The van der Waals surface area contributed by atoms with E-state index in [0.717, 1.165) is 47.5 Å². The van der Waals surface area contributed by atoms with Crippen LogP contribution in [0.5, 0.6) is 0 Å². The van der Waals surface area contributed by atoms with E-state index < -0.39 is 0 Å². The van der Waals surface area contributed by atoms with Gasteiger partial charge in [0.25, 0.3) is 0 Å². The van der Waals surface area contributed by atoms with Crippen LogP contribution >= 0.6 is 0 Å². The first-order chi connectivity index (χ1) is 17.3. The van der Waals surface area contributed by atoms with E-state index in [4.69, 9.17) is 9.72 Å². The summed E-state index contributed by atoms with van der Waals surface area (Å²) in [5.74, 6) is 1.54. The van der Waals surface area contributed by atoms with Crippen LogP contribution in [-0.2, 0) is 24.3 Å². The van der Waals surface area contributed by atoms with Gasteiger partial charge in [-0.3, -0.25) is 0 Å². The summed E-state index contributed by atoms with van der Waals surface area (Å²) < 4.78 is 6.12. The molecule has 1 atom stereocenters. The third-order valence-electron chi connectivity index (χ3n) is 7.75. The highest BCUT2D eigenvalue weighted by Gasteiger charge is 2.39. The van der Waals surface area contributed by atoms with E-state index in [9.17, 15) is 10.1 Å². The van der Waals surface area contributed by atoms with Crippen LogP contribution in [0.15, 0.2) is 30.3 Å². The first-order valence-corrected chi connectivity index (χ1v) is 13.2. The smallest absolute Gasteiger partial charge is 0.318 e. The lowest BCUT2D eigenvalue weighted by Gasteiger charge is -2.44. The molecule has 2 aromatic rings. The van der Waals surface area contributed by atoms with Gasteiger partial charge in [0.2, 0.25) is 0 Å². The highest BCUT2D eigenvalue weighted by molar-refractivity contribution is 5.75. The van der Waals surface area contributed by atoms with Crippen molar-refractivity contribution in [1.29, 1.82) is 5.26 Å². The van der Waals surface area contributed by atoms with Crippen molar-refractivity contribution in [3.05, 3.63) is 58.3 Å². The van der Waals surface area contributed by atoms with E-state index in [1.165, 1.54) is 0 Å². The summed E-state index contributed by atoms with van der Waals surface area (Å²) in [7, 11) is 0. The van der Waals surface area contributed by atoms with Crippen molar-refractivity contribution in [3.8, 4) is 6.07 Å². The van der Waals surface area contributed by atoms with Crippen LogP contribution in [-0.4, -0.2) is 47.2 Å². The summed E-state index contributed by atoms with van der Waals surface area (Å²) in [4.78, 5) is 22.5. The molecule has 1 saturated carbocycles. The summed E-state index contributed by atoms with van der Waals surface area (Å²) in [6.45, 7) is 11.5. The first kappa shape index (κ1) is 24.6. The molecule has 1 aliphatic carbocycles. The summed E-state index contributed by atoms with van der Waals surface area (Å²) in [5.41, 5.74) is 4.85. The Kier molecular flexibility index (Phi) is 6.65. The maximum absolute atomic E-state index is 13.2. The lowest BCUT2D eigenvalue weighted by molar-refractivity contribution is -0.0407. The number of aromatic nitrogens is 1. The molecular weight excluding hydrogens is 450 g/mol. The van der Waals surface area contributed by atoms with Gasteiger partial charge >= 0.3 is 6.03 Å². The average molecular weight is 488 g/mol. The maximum atomic E-state index is 13.2. The van der Waals surface area contributed by atoms with Crippen molar-refractivity contribution in [2.45, 2.75) is 77.7 Å². The molecule has 3 heterocycles. The second-order valence-corrected chi connectivity index (χ2v) is 11.4. The molecule has 2 amide bonds. The number of nitrogens with zero attached hydrogens (tertiary/aromatic N) is 4. The second kappa shape index (κ2) is 9.74. The topological polar surface area (TPSA) is 81.5 Å². The van der Waals surface area contributed by atoms with Crippen molar-refractivity contribution in [2.24, 2.45) is 5.92 Å². The third-order valence-corrected chi connectivity index (χ3v) is 7.75. The van der Waals surface area contributed by atoms with E-state index in [1.807, 2.05) is 35.2 Å². The standard InChI is InChI=1S/C29H37N5O2/c1-19(2)25-17-33(12-13-34(25)28(35)31-16-20-8-6-5-7-9-20)27-23(15-30)22-14-29(3,4)36-18-24(22)26(32-27)21-10-11-21/h5-9,19,21,25H,10-14,16-18H2,1-4H3,(H,31,35). The molecule has 1 aromatic heterocycles. The zero-order chi connectivity index (χ0) is 25.4. The number of urea groups is 1. The molecule has 7 nitrogen and oxygen atoms in total. The minimum absolute atomic E-state index is 0.0306. The Labute approximate surface area is 214 Å². The van der Waals surface area contributed by atoms with Crippen molar-refractivity contribution in [3.63, 3.8) is 0 Å². The normalized spacial score (nSPS) is 21.2. The van der Waals surface area contributed by atoms with Crippen molar-refractivity contribution in [1.82, 2.24) is 15.2 Å². The number of anilines is 1. The van der Waals surface area contributed by atoms with Gasteiger partial charge in [0.05, 0.1) is 29.5 Å². The Balaban J connectivity index is 1.40. The molecule has 190 valence electrons. The number of nitriles is 1. The zero-order valence-electron chi connectivity index (χ0n) is 21.9. The van der Waals surface area contributed by atoms with Gasteiger partial charge in [0.15, 0.2) is 0 Å². The number of hydrogen-bond donors (Lipinski definition) is 1. The predicted octanol–water partition coefficient (Wildman–Crippen LogP) is 4.74. The highest BCUT2D eigenvalue weighted by atomic mass is 16.5. The highest BCUT2D eigenvalue weighted by Crippen LogP contribution is 2.46. The molecule has 36 heavy (non-hydrogen) atoms. The molecule has 1 aromatic carbocycles. The monoisotopic (exact) mass is 487 g/mol. The number of hydrogen-bond acceptors (Lipinski definition) is 5.